The maximum Gasteiger partial charge on any atom is 0.200 e. The molecule has 0 aliphatic carbocycles. The van der Waals surface area contributed by atoms with Crippen molar-refractivity contribution in [3.63, 3.8) is 0 Å². The van der Waals surface area contributed by atoms with Crippen molar-refractivity contribution in [1.29, 1.82) is 0 Å². The van der Waals surface area contributed by atoms with Crippen molar-refractivity contribution >= 4 is 23.8 Å². The lowest BCUT2D eigenvalue weighted by Crippen LogP contribution is -2.01. The maximum atomic E-state index is 6.33. The van der Waals surface area contributed by atoms with E-state index >= 15 is 0 Å². The van der Waals surface area contributed by atoms with Crippen LogP contribution in [-0.4, -0.2) is 19.7 Å². The second kappa shape index (κ2) is 5.19. The van der Waals surface area contributed by atoms with Gasteiger partial charge < -0.3 is 0 Å². The molecule has 1 N–H and O–H groups in total. The van der Waals surface area contributed by atoms with Crippen LogP contribution >= 0.6 is 23.8 Å². The number of para-hydroxylation sites is 1. The standard InChI is InChI=1S/C14H11ClN4S/c1-9-3-2-4-11(15)12(9)19-13(17-18-14(19)20)10-5-7-16-8-6-10/h2-8H,1H3,(H,18,20). The van der Waals surface area contributed by atoms with E-state index < -0.39 is 0 Å². The zero-order valence-corrected chi connectivity index (χ0v) is 12.2. The molecule has 0 saturated carbocycles. The first-order valence-corrected chi connectivity index (χ1v) is 6.80. The van der Waals surface area contributed by atoms with Crippen LogP contribution in [-0.2, 0) is 0 Å². The molecule has 3 rings (SSSR count). The van der Waals surface area contributed by atoms with Crippen molar-refractivity contribution in [1.82, 2.24) is 19.7 Å². The highest BCUT2D eigenvalue weighted by molar-refractivity contribution is 7.71. The highest BCUT2D eigenvalue weighted by atomic mass is 35.5. The Kier molecular flexibility index (Phi) is 3.38. The number of aromatic amines is 1. The number of hydrogen-bond donors (Lipinski definition) is 1. The molecule has 0 saturated heterocycles. The normalized spacial score (nSPS) is 10.7. The zero-order valence-electron chi connectivity index (χ0n) is 10.7. The molecule has 2 aromatic heterocycles. The van der Waals surface area contributed by atoms with E-state index in [-0.39, 0.29) is 0 Å². The monoisotopic (exact) mass is 302 g/mol. The van der Waals surface area contributed by atoms with E-state index in [4.69, 9.17) is 23.8 Å². The summed E-state index contributed by atoms with van der Waals surface area (Å²) in [5.41, 5.74) is 2.80. The number of halogens is 1. The highest BCUT2D eigenvalue weighted by Crippen LogP contribution is 2.28. The van der Waals surface area contributed by atoms with Crippen LogP contribution in [0.3, 0.4) is 0 Å². The average Bonchev–Trinajstić information content (AvgIpc) is 2.82. The number of pyridine rings is 1. The van der Waals surface area contributed by atoms with Crippen LogP contribution in [0.25, 0.3) is 17.1 Å². The van der Waals surface area contributed by atoms with Crippen LogP contribution in [0, 0.1) is 11.7 Å². The summed E-state index contributed by atoms with van der Waals surface area (Å²) < 4.78 is 2.36. The largest absolute Gasteiger partial charge is 0.266 e. The Bertz CT molecular complexity index is 787. The van der Waals surface area contributed by atoms with Gasteiger partial charge in [0.15, 0.2) is 10.6 Å². The van der Waals surface area contributed by atoms with Crippen LogP contribution in [0.4, 0.5) is 0 Å². The smallest absolute Gasteiger partial charge is 0.200 e. The molecule has 20 heavy (non-hydrogen) atoms. The fourth-order valence-corrected chi connectivity index (χ4v) is 2.64. The topological polar surface area (TPSA) is 46.5 Å². The zero-order chi connectivity index (χ0) is 14.1. The van der Waals surface area contributed by atoms with Crippen molar-refractivity contribution in [2.45, 2.75) is 6.92 Å². The van der Waals surface area contributed by atoms with Gasteiger partial charge in [-0.1, -0.05) is 23.7 Å². The van der Waals surface area contributed by atoms with E-state index in [9.17, 15) is 0 Å². The third-order valence-electron chi connectivity index (χ3n) is 3.02. The van der Waals surface area contributed by atoms with Crippen molar-refractivity contribution < 1.29 is 0 Å². The molecule has 1 aromatic carbocycles. The predicted octanol–water partition coefficient (Wildman–Crippen LogP) is 3.95. The number of nitrogens with zero attached hydrogens (tertiary/aromatic N) is 3. The highest BCUT2D eigenvalue weighted by Gasteiger charge is 2.14. The lowest BCUT2D eigenvalue weighted by molar-refractivity contribution is 1.02. The van der Waals surface area contributed by atoms with Gasteiger partial charge in [-0.05, 0) is 42.9 Å². The molecule has 100 valence electrons. The molecule has 6 heteroatoms. The molecule has 3 aromatic rings. The number of rotatable bonds is 2. The van der Waals surface area contributed by atoms with E-state index in [1.165, 1.54) is 0 Å². The quantitative estimate of drug-likeness (QED) is 0.729. The Balaban J connectivity index is 2.31. The van der Waals surface area contributed by atoms with Crippen LogP contribution in [0.2, 0.25) is 5.02 Å². The summed E-state index contributed by atoms with van der Waals surface area (Å²) in [5, 5.41) is 7.77. The molecule has 0 atom stereocenters. The van der Waals surface area contributed by atoms with Crippen molar-refractivity contribution in [3.05, 3.63) is 58.1 Å². The third-order valence-corrected chi connectivity index (χ3v) is 3.60. The summed E-state index contributed by atoms with van der Waals surface area (Å²) in [6.45, 7) is 1.99. The van der Waals surface area contributed by atoms with Gasteiger partial charge in [0.2, 0.25) is 0 Å². The maximum absolute atomic E-state index is 6.33. The Hall–Kier alpha value is -1.98. The Labute approximate surface area is 126 Å². The summed E-state index contributed by atoms with van der Waals surface area (Å²) in [7, 11) is 0. The fourth-order valence-electron chi connectivity index (χ4n) is 2.11. The summed E-state index contributed by atoms with van der Waals surface area (Å²) in [6.07, 6.45) is 3.44. The first-order chi connectivity index (χ1) is 9.68. The summed E-state index contributed by atoms with van der Waals surface area (Å²) in [4.78, 5) is 4.02. The van der Waals surface area contributed by atoms with Crippen LogP contribution in [0.5, 0.6) is 0 Å². The Morgan fingerprint density at radius 2 is 1.95 bits per heavy atom. The number of hydrogen-bond acceptors (Lipinski definition) is 3. The van der Waals surface area contributed by atoms with Gasteiger partial charge in [-0.3, -0.25) is 14.6 Å². The lowest BCUT2D eigenvalue weighted by atomic mass is 10.2. The molecule has 0 aliphatic heterocycles. The molecule has 0 unspecified atom stereocenters. The molecular formula is C14H11ClN4S. The van der Waals surface area contributed by atoms with Gasteiger partial charge in [-0.15, -0.1) is 0 Å². The average molecular weight is 303 g/mol. The molecule has 4 nitrogen and oxygen atoms in total. The van der Waals surface area contributed by atoms with Crippen LogP contribution in [0.15, 0.2) is 42.7 Å². The van der Waals surface area contributed by atoms with Crippen LogP contribution < -0.4 is 0 Å². The molecule has 2 heterocycles. The second-order valence-corrected chi connectivity index (χ2v) is 5.12. The van der Waals surface area contributed by atoms with E-state index in [1.54, 1.807) is 12.4 Å². The van der Waals surface area contributed by atoms with Crippen LogP contribution in [0.1, 0.15) is 5.56 Å². The summed E-state index contributed by atoms with van der Waals surface area (Å²) in [5.74, 6) is 0.716. The minimum absolute atomic E-state index is 0.507. The first-order valence-electron chi connectivity index (χ1n) is 6.02. The van der Waals surface area contributed by atoms with Crippen molar-refractivity contribution in [3.8, 4) is 17.1 Å². The molecule has 0 bridgehead atoms. The van der Waals surface area contributed by atoms with E-state index in [2.05, 4.69) is 15.2 Å². The lowest BCUT2D eigenvalue weighted by Gasteiger charge is -2.11. The molecular weight excluding hydrogens is 292 g/mol. The number of benzene rings is 1. The predicted molar refractivity (Wildman–Crippen MR) is 81.7 cm³/mol. The number of H-pyrrole nitrogens is 1. The van der Waals surface area contributed by atoms with Gasteiger partial charge >= 0.3 is 0 Å². The third kappa shape index (κ3) is 2.15. The Morgan fingerprint density at radius 3 is 2.65 bits per heavy atom. The van der Waals surface area contributed by atoms with Gasteiger partial charge in [0.25, 0.3) is 0 Å². The molecule has 0 fully saturated rings. The first kappa shape index (κ1) is 13.0. The van der Waals surface area contributed by atoms with Crippen molar-refractivity contribution in [2.24, 2.45) is 0 Å². The van der Waals surface area contributed by atoms with Gasteiger partial charge in [-0.2, -0.15) is 5.10 Å². The number of aryl methyl sites for hydroxylation is 1. The van der Waals surface area contributed by atoms with Gasteiger partial charge in [0.1, 0.15) is 0 Å². The second-order valence-electron chi connectivity index (χ2n) is 4.33. The molecule has 0 radical (unpaired) electrons. The SMILES string of the molecule is Cc1cccc(Cl)c1-n1c(-c2ccncc2)n[nH]c1=S. The molecule has 0 spiro atoms. The number of nitrogens with one attached hydrogen (secondary N) is 1. The van der Waals surface area contributed by atoms with E-state index in [1.807, 2.05) is 41.8 Å². The van der Waals surface area contributed by atoms with E-state index in [0.717, 1.165) is 16.8 Å². The minimum Gasteiger partial charge on any atom is -0.266 e. The molecule has 0 aliphatic rings. The Morgan fingerprint density at radius 1 is 1.20 bits per heavy atom. The van der Waals surface area contributed by atoms with Gasteiger partial charge in [-0.25, -0.2) is 0 Å². The summed E-state index contributed by atoms with van der Waals surface area (Å²) >= 11 is 11.7. The van der Waals surface area contributed by atoms with Crippen molar-refractivity contribution in [2.75, 3.05) is 0 Å². The minimum atomic E-state index is 0.507. The van der Waals surface area contributed by atoms with E-state index in [0.29, 0.717) is 15.6 Å². The van der Waals surface area contributed by atoms with Gasteiger partial charge in [0, 0.05) is 18.0 Å². The molecule has 0 amide bonds. The number of aromatic nitrogens is 4. The van der Waals surface area contributed by atoms with Gasteiger partial charge in [0.05, 0.1) is 10.7 Å². The summed E-state index contributed by atoms with van der Waals surface area (Å²) in [6, 6.07) is 9.51. The fraction of sp³-hybridized carbons (Fsp3) is 0.0714.